The molecule has 2 aromatic rings. The van der Waals surface area contributed by atoms with Crippen LogP contribution in [-0.4, -0.2) is 18.8 Å². The Labute approximate surface area is 128 Å². The number of rotatable bonds is 5. The summed E-state index contributed by atoms with van der Waals surface area (Å²) in [6.07, 6.45) is 0. The van der Waals surface area contributed by atoms with Crippen LogP contribution < -0.4 is 10.1 Å². The molecule has 0 heterocycles. The molecule has 0 aliphatic carbocycles. The summed E-state index contributed by atoms with van der Waals surface area (Å²) in [6.45, 7) is 1.62. The van der Waals surface area contributed by atoms with E-state index in [-0.39, 0.29) is 11.6 Å². The van der Waals surface area contributed by atoms with Crippen LogP contribution in [0.25, 0.3) is 0 Å². The van der Waals surface area contributed by atoms with E-state index in [1.54, 1.807) is 13.2 Å². The van der Waals surface area contributed by atoms with Gasteiger partial charge in [0, 0.05) is 0 Å². The number of anilines is 1. The van der Waals surface area contributed by atoms with E-state index < -0.39 is 11.4 Å². The first-order valence-electron chi connectivity index (χ1n) is 6.48. The van der Waals surface area contributed by atoms with Crippen molar-refractivity contribution in [3.05, 3.63) is 58.9 Å². The second kappa shape index (κ2) is 6.33. The summed E-state index contributed by atoms with van der Waals surface area (Å²) < 4.78 is 18.6. The third-order valence-corrected chi connectivity index (χ3v) is 3.68. The molecule has 0 aliphatic heterocycles. The number of benzene rings is 2. The molecule has 112 valence electrons. The summed E-state index contributed by atoms with van der Waals surface area (Å²) in [7, 11) is 1.57. The maximum Gasteiger partial charge on any atom is 0.141 e. The Morgan fingerprint density at radius 3 is 2.62 bits per heavy atom. The zero-order valence-corrected chi connectivity index (χ0v) is 12.6. The lowest BCUT2D eigenvalue weighted by Gasteiger charge is -2.31. The number of hydrogen-bond acceptors (Lipinski definition) is 3. The Balaban J connectivity index is 2.39. The summed E-state index contributed by atoms with van der Waals surface area (Å²) in [5, 5.41) is 13.0. The molecule has 2 aromatic carbocycles. The van der Waals surface area contributed by atoms with E-state index in [0.717, 1.165) is 5.69 Å². The van der Waals surface area contributed by atoms with Gasteiger partial charge in [0.05, 0.1) is 30.0 Å². The van der Waals surface area contributed by atoms with E-state index >= 15 is 0 Å². The number of nitrogens with one attached hydrogen (secondary N) is 1. The maximum absolute atomic E-state index is 13.3. The molecule has 0 fully saturated rings. The van der Waals surface area contributed by atoms with Gasteiger partial charge in [0.25, 0.3) is 0 Å². The molecule has 21 heavy (non-hydrogen) atoms. The largest absolute Gasteiger partial charge is 0.495 e. The van der Waals surface area contributed by atoms with Crippen LogP contribution in [0.4, 0.5) is 10.1 Å². The van der Waals surface area contributed by atoms with Crippen LogP contribution in [0.1, 0.15) is 12.5 Å². The van der Waals surface area contributed by atoms with Gasteiger partial charge in [-0.25, -0.2) is 4.39 Å². The Bertz CT molecular complexity index is 635. The first-order valence-corrected chi connectivity index (χ1v) is 6.85. The highest BCUT2D eigenvalue weighted by molar-refractivity contribution is 6.30. The molecule has 0 saturated heterocycles. The third-order valence-electron chi connectivity index (χ3n) is 3.39. The smallest absolute Gasteiger partial charge is 0.141 e. The van der Waals surface area contributed by atoms with Gasteiger partial charge >= 0.3 is 0 Å². The van der Waals surface area contributed by atoms with E-state index in [4.69, 9.17) is 16.3 Å². The molecule has 0 amide bonds. The van der Waals surface area contributed by atoms with Crippen molar-refractivity contribution in [2.24, 2.45) is 0 Å². The van der Waals surface area contributed by atoms with Gasteiger partial charge in [0.2, 0.25) is 0 Å². The summed E-state index contributed by atoms with van der Waals surface area (Å²) in [6, 6.07) is 11.8. The van der Waals surface area contributed by atoms with Crippen LogP contribution in [0.15, 0.2) is 42.5 Å². The van der Waals surface area contributed by atoms with Gasteiger partial charge in [-0.3, -0.25) is 0 Å². The minimum Gasteiger partial charge on any atom is -0.495 e. The van der Waals surface area contributed by atoms with Crippen molar-refractivity contribution in [3.63, 3.8) is 0 Å². The standard InChI is InChI=1S/C16H17ClFNO2/c1-16(10-20,11-7-8-13(18)12(17)9-11)19-14-5-3-4-6-15(14)21-2/h3-9,19-20H,10H2,1-2H3. The molecule has 0 spiro atoms. The molecule has 1 unspecified atom stereocenters. The lowest BCUT2D eigenvalue weighted by Crippen LogP contribution is -2.36. The van der Waals surface area contributed by atoms with E-state index in [9.17, 15) is 9.50 Å². The fourth-order valence-corrected chi connectivity index (χ4v) is 2.27. The van der Waals surface area contributed by atoms with Crippen LogP contribution in [0, 0.1) is 5.82 Å². The van der Waals surface area contributed by atoms with E-state index in [1.165, 1.54) is 12.1 Å². The SMILES string of the molecule is COc1ccccc1NC(C)(CO)c1ccc(F)c(Cl)c1. The average Bonchev–Trinajstić information content (AvgIpc) is 2.50. The van der Waals surface area contributed by atoms with Gasteiger partial charge in [-0.05, 0) is 36.8 Å². The highest BCUT2D eigenvalue weighted by Crippen LogP contribution is 2.32. The molecule has 1 atom stereocenters. The molecule has 0 bridgehead atoms. The summed E-state index contributed by atoms with van der Waals surface area (Å²) in [5.41, 5.74) is 0.603. The number of hydrogen-bond donors (Lipinski definition) is 2. The third kappa shape index (κ3) is 3.28. The Morgan fingerprint density at radius 2 is 2.00 bits per heavy atom. The fraction of sp³-hybridized carbons (Fsp3) is 0.250. The van der Waals surface area contributed by atoms with Crippen molar-refractivity contribution in [1.29, 1.82) is 0 Å². The zero-order chi connectivity index (χ0) is 15.5. The van der Waals surface area contributed by atoms with Crippen LogP contribution in [0.2, 0.25) is 5.02 Å². The number of methoxy groups -OCH3 is 1. The first kappa shape index (κ1) is 15.6. The monoisotopic (exact) mass is 309 g/mol. The van der Waals surface area contributed by atoms with Crippen molar-refractivity contribution < 1.29 is 14.2 Å². The number of ether oxygens (including phenoxy) is 1. The van der Waals surface area contributed by atoms with Crippen molar-refractivity contribution >= 4 is 17.3 Å². The van der Waals surface area contributed by atoms with Crippen molar-refractivity contribution in [1.82, 2.24) is 0 Å². The van der Waals surface area contributed by atoms with Crippen molar-refractivity contribution in [2.75, 3.05) is 19.0 Å². The lowest BCUT2D eigenvalue weighted by molar-refractivity contribution is 0.223. The fourth-order valence-electron chi connectivity index (χ4n) is 2.09. The van der Waals surface area contributed by atoms with Crippen LogP contribution in [-0.2, 0) is 5.54 Å². The number of aliphatic hydroxyl groups is 1. The molecule has 0 saturated carbocycles. The van der Waals surface area contributed by atoms with Gasteiger partial charge in [-0.15, -0.1) is 0 Å². The van der Waals surface area contributed by atoms with Crippen LogP contribution in [0.3, 0.4) is 0 Å². The van der Waals surface area contributed by atoms with Gasteiger partial charge < -0.3 is 15.2 Å². The van der Waals surface area contributed by atoms with Gasteiger partial charge in [-0.2, -0.15) is 0 Å². The predicted molar refractivity (Wildman–Crippen MR) is 82.5 cm³/mol. The quantitative estimate of drug-likeness (QED) is 0.882. The second-order valence-corrected chi connectivity index (χ2v) is 5.35. The van der Waals surface area contributed by atoms with Crippen LogP contribution >= 0.6 is 11.6 Å². The molecule has 3 nitrogen and oxygen atoms in total. The minimum atomic E-state index is -0.814. The summed E-state index contributed by atoms with van der Waals surface area (Å²) in [4.78, 5) is 0. The topological polar surface area (TPSA) is 41.5 Å². The molecule has 0 radical (unpaired) electrons. The summed E-state index contributed by atoms with van der Waals surface area (Å²) in [5.74, 6) is 0.170. The van der Waals surface area contributed by atoms with E-state index in [2.05, 4.69) is 5.32 Å². The van der Waals surface area contributed by atoms with Crippen molar-refractivity contribution in [2.45, 2.75) is 12.5 Å². The zero-order valence-electron chi connectivity index (χ0n) is 11.9. The van der Waals surface area contributed by atoms with E-state index in [0.29, 0.717) is 11.3 Å². The first-order chi connectivity index (χ1) is 10.00. The van der Waals surface area contributed by atoms with Gasteiger partial charge in [0.1, 0.15) is 11.6 Å². The minimum absolute atomic E-state index is 0.0222. The Kier molecular flexibility index (Phi) is 4.70. The number of halogens is 2. The number of aliphatic hydroxyl groups excluding tert-OH is 1. The highest BCUT2D eigenvalue weighted by Gasteiger charge is 2.27. The van der Waals surface area contributed by atoms with Crippen molar-refractivity contribution in [3.8, 4) is 5.75 Å². The molecule has 2 N–H and O–H groups in total. The van der Waals surface area contributed by atoms with Crippen LogP contribution in [0.5, 0.6) is 5.75 Å². The Morgan fingerprint density at radius 1 is 1.29 bits per heavy atom. The predicted octanol–water partition coefficient (Wildman–Crippen LogP) is 3.81. The molecule has 0 aromatic heterocycles. The molecular weight excluding hydrogens is 293 g/mol. The Hall–Kier alpha value is -1.78. The normalized spacial score (nSPS) is 13.6. The second-order valence-electron chi connectivity index (χ2n) is 4.94. The average molecular weight is 310 g/mol. The maximum atomic E-state index is 13.3. The molecular formula is C16H17ClFNO2. The summed E-state index contributed by atoms with van der Waals surface area (Å²) >= 11 is 5.83. The highest BCUT2D eigenvalue weighted by atomic mass is 35.5. The van der Waals surface area contributed by atoms with Gasteiger partial charge in [0.15, 0.2) is 0 Å². The molecule has 5 heteroatoms. The van der Waals surface area contributed by atoms with E-state index in [1.807, 2.05) is 31.2 Å². The number of para-hydroxylation sites is 2. The van der Waals surface area contributed by atoms with Gasteiger partial charge in [-0.1, -0.05) is 29.8 Å². The molecule has 0 aliphatic rings. The molecule has 2 rings (SSSR count). The lowest BCUT2D eigenvalue weighted by atomic mass is 9.92.